The predicted octanol–water partition coefficient (Wildman–Crippen LogP) is 4.29. The summed E-state index contributed by atoms with van der Waals surface area (Å²) in [6.45, 7) is 7.26. The van der Waals surface area contributed by atoms with E-state index in [4.69, 9.17) is 4.74 Å². The third-order valence-electron chi connectivity index (χ3n) is 4.71. The molecule has 0 fully saturated rings. The summed E-state index contributed by atoms with van der Waals surface area (Å²) in [5, 5.41) is 7.38. The van der Waals surface area contributed by atoms with Crippen molar-refractivity contribution in [2.45, 2.75) is 39.2 Å². The van der Waals surface area contributed by atoms with Crippen LogP contribution in [-0.4, -0.2) is 33.8 Å². The van der Waals surface area contributed by atoms with Crippen molar-refractivity contribution in [3.05, 3.63) is 77.7 Å². The van der Waals surface area contributed by atoms with Gasteiger partial charge in [0.05, 0.1) is 23.6 Å². The van der Waals surface area contributed by atoms with Crippen molar-refractivity contribution in [3.8, 4) is 5.82 Å². The SMILES string of the molecule is CC(C)c1c(C(=O)NCCCOC(C)c2ccccc2)cnn1-c1ccccn1. The number of carbonyl (C=O) groups is 1. The van der Waals surface area contributed by atoms with Gasteiger partial charge in [-0.3, -0.25) is 4.79 Å². The Hall–Kier alpha value is -2.99. The highest BCUT2D eigenvalue weighted by atomic mass is 16.5. The zero-order chi connectivity index (χ0) is 20.6. The zero-order valence-corrected chi connectivity index (χ0v) is 17.2. The maximum Gasteiger partial charge on any atom is 0.254 e. The van der Waals surface area contributed by atoms with E-state index in [-0.39, 0.29) is 17.9 Å². The molecular weight excluding hydrogens is 364 g/mol. The van der Waals surface area contributed by atoms with Crippen molar-refractivity contribution in [3.63, 3.8) is 0 Å². The number of rotatable bonds is 9. The van der Waals surface area contributed by atoms with Crippen LogP contribution in [0.5, 0.6) is 0 Å². The Morgan fingerprint density at radius 3 is 2.55 bits per heavy atom. The second kappa shape index (κ2) is 9.98. The number of hydrogen-bond acceptors (Lipinski definition) is 4. The van der Waals surface area contributed by atoms with Crippen LogP contribution in [0.1, 0.15) is 60.8 Å². The van der Waals surface area contributed by atoms with E-state index in [2.05, 4.69) is 27.5 Å². The molecule has 1 aromatic carbocycles. The fraction of sp³-hybridized carbons (Fsp3) is 0.348. The minimum Gasteiger partial charge on any atom is -0.374 e. The first-order chi connectivity index (χ1) is 14.1. The van der Waals surface area contributed by atoms with Crippen molar-refractivity contribution in [1.29, 1.82) is 0 Å². The number of pyridine rings is 1. The Labute approximate surface area is 171 Å². The van der Waals surface area contributed by atoms with Crippen LogP contribution in [0.2, 0.25) is 0 Å². The summed E-state index contributed by atoms with van der Waals surface area (Å²) < 4.78 is 7.60. The highest BCUT2D eigenvalue weighted by Gasteiger charge is 2.21. The lowest BCUT2D eigenvalue weighted by atomic mass is 10.1. The number of amides is 1. The lowest BCUT2D eigenvalue weighted by molar-refractivity contribution is 0.0635. The van der Waals surface area contributed by atoms with Crippen LogP contribution in [0.3, 0.4) is 0 Å². The molecule has 1 amide bonds. The summed E-state index contributed by atoms with van der Waals surface area (Å²) in [5.74, 6) is 0.723. The number of nitrogens with one attached hydrogen (secondary N) is 1. The Bertz CT molecular complexity index is 907. The van der Waals surface area contributed by atoms with Crippen LogP contribution in [0.4, 0.5) is 0 Å². The smallest absolute Gasteiger partial charge is 0.254 e. The van der Waals surface area contributed by atoms with Gasteiger partial charge in [-0.05, 0) is 37.0 Å². The summed E-state index contributed by atoms with van der Waals surface area (Å²) in [6.07, 6.45) is 4.12. The van der Waals surface area contributed by atoms with Gasteiger partial charge in [-0.2, -0.15) is 5.10 Å². The molecule has 1 N–H and O–H groups in total. The molecule has 0 radical (unpaired) electrons. The van der Waals surface area contributed by atoms with Gasteiger partial charge in [-0.15, -0.1) is 0 Å². The van der Waals surface area contributed by atoms with Gasteiger partial charge >= 0.3 is 0 Å². The molecule has 0 aliphatic carbocycles. The molecule has 29 heavy (non-hydrogen) atoms. The van der Waals surface area contributed by atoms with E-state index in [1.165, 1.54) is 0 Å². The van der Waals surface area contributed by atoms with Crippen molar-refractivity contribution in [2.24, 2.45) is 0 Å². The normalized spacial score (nSPS) is 12.1. The first-order valence-corrected chi connectivity index (χ1v) is 10.0. The molecule has 0 spiro atoms. The number of ether oxygens (including phenoxy) is 1. The summed E-state index contributed by atoms with van der Waals surface area (Å²) in [6, 6.07) is 15.8. The van der Waals surface area contributed by atoms with Crippen LogP contribution in [0.15, 0.2) is 60.9 Å². The number of benzene rings is 1. The average Bonchev–Trinajstić information content (AvgIpc) is 3.20. The molecule has 0 aliphatic rings. The second-order valence-electron chi connectivity index (χ2n) is 7.23. The van der Waals surface area contributed by atoms with Gasteiger partial charge in [0.2, 0.25) is 0 Å². The average molecular weight is 393 g/mol. The number of aromatic nitrogens is 3. The maximum absolute atomic E-state index is 12.7. The molecule has 6 nitrogen and oxygen atoms in total. The fourth-order valence-corrected chi connectivity index (χ4v) is 3.20. The van der Waals surface area contributed by atoms with Crippen molar-refractivity contribution in [1.82, 2.24) is 20.1 Å². The first-order valence-electron chi connectivity index (χ1n) is 10.0. The topological polar surface area (TPSA) is 69.0 Å². The van der Waals surface area contributed by atoms with Gasteiger partial charge in [-0.25, -0.2) is 9.67 Å². The predicted molar refractivity (Wildman–Crippen MR) is 113 cm³/mol. The lowest BCUT2D eigenvalue weighted by Gasteiger charge is -2.14. The van der Waals surface area contributed by atoms with E-state index in [1.54, 1.807) is 17.1 Å². The van der Waals surface area contributed by atoms with E-state index in [9.17, 15) is 4.79 Å². The molecule has 1 atom stereocenters. The molecule has 3 aromatic rings. The van der Waals surface area contributed by atoms with Crippen LogP contribution < -0.4 is 5.32 Å². The third kappa shape index (κ3) is 5.29. The first kappa shape index (κ1) is 20.7. The van der Waals surface area contributed by atoms with Crippen molar-refractivity contribution < 1.29 is 9.53 Å². The van der Waals surface area contributed by atoms with E-state index in [0.29, 0.717) is 24.5 Å². The second-order valence-corrected chi connectivity index (χ2v) is 7.23. The van der Waals surface area contributed by atoms with E-state index in [0.717, 1.165) is 17.7 Å². The monoisotopic (exact) mass is 392 g/mol. The quantitative estimate of drug-likeness (QED) is 0.552. The number of carbonyl (C=O) groups excluding carboxylic acids is 1. The van der Waals surface area contributed by atoms with Crippen LogP contribution in [0.25, 0.3) is 5.82 Å². The molecular formula is C23H28N4O2. The Kier molecular flexibility index (Phi) is 7.14. The Morgan fingerprint density at radius 1 is 1.10 bits per heavy atom. The molecule has 0 aliphatic heterocycles. The highest BCUT2D eigenvalue weighted by molar-refractivity contribution is 5.95. The summed E-state index contributed by atoms with van der Waals surface area (Å²) in [5.41, 5.74) is 2.60. The molecule has 6 heteroatoms. The fourth-order valence-electron chi connectivity index (χ4n) is 3.20. The third-order valence-corrected chi connectivity index (χ3v) is 4.71. The molecule has 0 saturated carbocycles. The molecule has 152 valence electrons. The van der Waals surface area contributed by atoms with Gasteiger partial charge in [-0.1, -0.05) is 50.2 Å². The van der Waals surface area contributed by atoms with Crippen LogP contribution >= 0.6 is 0 Å². The maximum atomic E-state index is 12.7. The van der Waals surface area contributed by atoms with E-state index in [1.807, 2.05) is 57.2 Å². The van der Waals surface area contributed by atoms with Gasteiger partial charge in [0, 0.05) is 19.3 Å². The lowest BCUT2D eigenvalue weighted by Crippen LogP contribution is -2.26. The molecule has 1 unspecified atom stereocenters. The van der Waals surface area contributed by atoms with E-state index < -0.39 is 0 Å². The Morgan fingerprint density at radius 2 is 1.86 bits per heavy atom. The molecule has 3 rings (SSSR count). The van der Waals surface area contributed by atoms with E-state index >= 15 is 0 Å². The van der Waals surface area contributed by atoms with Crippen LogP contribution in [-0.2, 0) is 4.74 Å². The standard InChI is InChI=1S/C23H28N4O2/c1-17(2)22-20(16-26-27(22)21-12-7-8-13-24-21)23(28)25-14-9-15-29-18(3)19-10-5-4-6-11-19/h4-8,10-13,16-18H,9,14-15H2,1-3H3,(H,25,28). The minimum absolute atomic E-state index is 0.0380. The summed E-state index contributed by atoms with van der Waals surface area (Å²) >= 11 is 0. The molecule has 2 aromatic heterocycles. The molecule has 2 heterocycles. The zero-order valence-electron chi connectivity index (χ0n) is 17.2. The Balaban J connectivity index is 1.54. The largest absolute Gasteiger partial charge is 0.374 e. The van der Waals surface area contributed by atoms with Crippen molar-refractivity contribution in [2.75, 3.05) is 13.2 Å². The van der Waals surface area contributed by atoms with Gasteiger partial charge < -0.3 is 10.1 Å². The van der Waals surface area contributed by atoms with Gasteiger partial charge in [0.25, 0.3) is 5.91 Å². The van der Waals surface area contributed by atoms with Crippen molar-refractivity contribution >= 4 is 5.91 Å². The summed E-state index contributed by atoms with van der Waals surface area (Å²) in [7, 11) is 0. The number of hydrogen-bond donors (Lipinski definition) is 1. The molecule has 0 bridgehead atoms. The minimum atomic E-state index is -0.119. The van der Waals surface area contributed by atoms with Gasteiger partial charge in [0.1, 0.15) is 0 Å². The molecule has 0 saturated heterocycles. The highest BCUT2D eigenvalue weighted by Crippen LogP contribution is 2.22. The van der Waals surface area contributed by atoms with Crippen LogP contribution in [0, 0.1) is 0 Å². The number of nitrogens with zero attached hydrogens (tertiary/aromatic N) is 3. The van der Waals surface area contributed by atoms with Gasteiger partial charge in [0.15, 0.2) is 5.82 Å². The summed E-state index contributed by atoms with van der Waals surface area (Å²) in [4.78, 5) is 17.1.